The smallest absolute Gasteiger partial charge is 0.290 e. The zero-order valence-electron chi connectivity index (χ0n) is 18.1. The zero-order chi connectivity index (χ0) is 22.2. The first-order chi connectivity index (χ1) is 15.6. The highest BCUT2D eigenvalue weighted by molar-refractivity contribution is 9.10. The van der Waals surface area contributed by atoms with E-state index < -0.39 is 6.04 Å². The Labute approximate surface area is 196 Å². The molecule has 1 aliphatic carbocycles. The van der Waals surface area contributed by atoms with Crippen molar-refractivity contribution in [2.75, 3.05) is 13.7 Å². The van der Waals surface area contributed by atoms with Crippen LogP contribution in [0.4, 0.5) is 0 Å². The molecule has 3 atom stereocenters. The van der Waals surface area contributed by atoms with E-state index in [2.05, 4.69) is 15.9 Å². The summed E-state index contributed by atoms with van der Waals surface area (Å²) >= 11 is 3.49. The third-order valence-corrected chi connectivity index (χ3v) is 7.37. The van der Waals surface area contributed by atoms with Gasteiger partial charge >= 0.3 is 0 Å². The fourth-order valence-electron chi connectivity index (χ4n) is 5.16. The summed E-state index contributed by atoms with van der Waals surface area (Å²) in [7, 11) is 1.64. The van der Waals surface area contributed by atoms with Gasteiger partial charge in [0, 0.05) is 11.0 Å². The minimum Gasteiger partial charge on any atom is -0.497 e. The largest absolute Gasteiger partial charge is 0.497 e. The maximum Gasteiger partial charge on any atom is 0.290 e. The van der Waals surface area contributed by atoms with Crippen molar-refractivity contribution in [3.05, 3.63) is 75.5 Å². The lowest BCUT2D eigenvalue weighted by atomic mass is 9.77. The summed E-state index contributed by atoms with van der Waals surface area (Å²) in [4.78, 5) is 28.9. The average molecular weight is 496 g/mol. The molecule has 1 fully saturated rings. The predicted molar refractivity (Wildman–Crippen MR) is 124 cm³/mol. The van der Waals surface area contributed by atoms with Gasteiger partial charge in [0.2, 0.25) is 0 Å². The number of ketones is 1. The van der Waals surface area contributed by atoms with E-state index in [4.69, 9.17) is 9.47 Å². The Hall–Kier alpha value is -2.60. The topological polar surface area (TPSA) is 55.8 Å². The molecule has 5 rings (SSSR count). The second-order valence-electron chi connectivity index (χ2n) is 8.71. The van der Waals surface area contributed by atoms with E-state index in [0.29, 0.717) is 18.5 Å². The Balaban J connectivity index is 1.47. The molecule has 0 aromatic heterocycles. The van der Waals surface area contributed by atoms with Gasteiger partial charge in [-0.25, -0.2) is 0 Å². The van der Waals surface area contributed by atoms with Gasteiger partial charge in [-0.3, -0.25) is 9.59 Å². The van der Waals surface area contributed by atoms with E-state index in [1.54, 1.807) is 7.11 Å². The molecule has 0 spiro atoms. The van der Waals surface area contributed by atoms with Crippen LogP contribution in [-0.2, 0) is 20.7 Å². The van der Waals surface area contributed by atoms with Crippen LogP contribution in [0.1, 0.15) is 42.9 Å². The number of methoxy groups -OCH3 is 1. The molecule has 0 bridgehead atoms. The molecule has 2 aliphatic heterocycles. The highest BCUT2D eigenvalue weighted by Crippen LogP contribution is 2.46. The molecule has 2 heterocycles. The van der Waals surface area contributed by atoms with Gasteiger partial charge in [0.05, 0.1) is 24.6 Å². The summed E-state index contributed by atoms with van der Waals surface area (Å²) in [6, 6.07) is 15.3. The van der Waals surface area contributed by atoms with Gasteiger partial charge in [0.15, 0.2) is 11.5 Å². The Kier molecular flexibility index (Phi) is 5.80. The molecule has 2 aromatic carbocycles. The lowest BCUT2D eigenvalue weighted by Gasteiger charge is -2.35. The number of halogens is 1. The molecule has 5 nitrogen and oxygen atoms in total. The highest BCUT2D eigenvalue weighted by Gasteiger charge is 2.51. The van der Waals surface area contributed by atoms with Gasteiger partial charge in [-0.2, -0.15) is 0 Å². The molecule has 2 aromatic rings. The van der Waals surface area contributed by atoms with E-state index in [1.807, 2.05) is 53.4 Å². The average Bonchev–Trinajstić information content (AvgIpc) is 3.10. The Morgan fingerprint density at radius 2 is 1.75 bits per heavy atom. The number of carbonyl (C=O) groups is 2. The van der Waals surface area contributed by atoms with Crippen molar-refractivity contribution in [1.82, 2.24) is 4.90 Å². The van der Waals surface area contributed by atoms with Crippen LogP contribution >= 0.6 is 15.9 Å². The molecule has 1 amide bonds. The first kappa shape index (κ1) is 21.3. The second-order valence-corrected chi connectivity index (χ2v) is 9.62. The van der Waals surface area contributed by atoms with Crippen molar-refractivity contribution in [3.63, 3.8) is 0 Å². The van der Waals surface area contributed by atoms with Crippen LogP contribution in [0.25, 0.3) is 0 Å². The molecule has 0 radical (unpaired) electrons. The van der Waals surface area contributed by atoms with Crippen molar-refractivity contribution in [3.8, 4) is 5.75 Å². The molecular weight excluding hydrogens is 470 g/mol. The number of Topliss-reactive ketones (excluding diaryl/α,β-unsaturated/α-hetero) is 1. The van der Waals surface area contributed by atoms with Gasteiger partial charge < -0.3 is 14.4 Å². The van der Waals surface area contributed by atoms with Crippen LogP contribution in [0.2, 0.25) is 0 Å². The lowest BCUT2D eigenvalue weighted by molar-refractivity contribution is -0.135. The van der Waals surface area contributed by atoms with Crippen molar-refractivity contribution >= 4 is 27.6 Å². The minimum absolute atomic E-state index is 0.101. The third-order valence-electron chi connectivity index (χ3n) is 6.85. The Morgan fingerprint density at radius 1 is 1.03 bits per heavy atom. The van der Waals surface area contributed by atoms with E-state index in [-0.39, 0.29) is 29.5 Å². The van der Waals surface area contributed by atoms with E-state index >= 15 is 0 Å². The van der Waals surface area contributed by atoms with Crippen LogP contribution in [0.5, 0.6) is 5.75 Å². The number of hydrogen-bond acceptors (Lipinski definition) is 4. The summed E-state index contributed by atoms with van der Waals surface area (Å²) in [6.45, 7) is 0.505. The highest BCUT2D eigenvalue weighted by atomic mass is 79.9. The number of ether oxygens (including phenoxy) is 2. The molecule has 3 aliphatic rings. The number of carbonyl (C=O) groups excluding carboxylic acids is 2. The Bertz CT molecular complexity index is 1060. The van der Waals surface area contributed by atoms with Crippen molar-refractivity contribution in [2.24, 2.45) is 5.92 Å². The van der Waals surface area contributed by atoms with Gasteiger partial charge in [-0.05, 0) is 61.1 Å². The van der Waals surface area contributed by atoms with E-state index in [1.165, 1.54) is 0 Å². The monoisotopic (exact) mass is 495 g/mol. The SMILES string of the molecule is COc1ccc(CCN2C(=O)C3=C(C(=O)C4CCCCC4O3)C2c2ccc(Br)cc2)cc1. The van der Waals surface area contributed by atoms with Gasteiger partial charge in [0.1, 0.15) is 11.9 Å². The molecule has 3 unspecified atom stereocenters. The minimum atomic E-state index is -0.403. The first-order valence-corrected chi connectivity index (χ1v) is 12.0. The van der Waals surface area contributed by atoms with Crippen molar-refractivity contribution in [2.45, 2.75) is 44.2 Å². The number of amides is 1. The van der Waals surface area contributed by atoms with Gasteiger partial charge in [-0.1, -0.05) is 46.6 Å². The van der Waals surface area contributed by atoms with E-state index in [9.17, 15) is 9.59 Å². The van der Waals surface area contributed by atoms with Gasteiger partial charge in [-0.15, -0.1) is 0 Å². The predicted octanol–water partition coefficient (Wildman–Crippen LogP) is 5.00. The Morgan fingerprint density at radius 3 is 2.47 bits per heavy atom. The third kappa shape index (κ3) is 3.75. The van der Waals surface area contributed by atoms with Crippen LogP contribution in [0, 0.1) is 5.92 Å². The van der Waals surface area contributed by atoms with E-state index in [0.717, 1.165) is 47.0 Å². The lowest BCUT2D eigenvalue weighted by Crippen LogP contribution is -2.39. The molecule has 1 saturated carbocycles. The second kappa shape index (κ2) is 8.74. The maximum atomic E-state index is 13.6. The van der Waals surface area contributed by atoms with Crippen LogP contribution in [0.15, 0.2) is 64.3 Å². The molecule has 0 N–H and O–H groups in total. The summed E-state index contributed by atoms with van der Waals surface area (Å²) in [5, 5.41) is 0. The van der Waals surface area contributed by atoms with Crippen LogP contribution in [-0.4, -0.2) is 36.3 Å². The molecule has 32 heavy (non-hydrogen) atoms. The van der Waals surface area contributed by atoms with Crippen molar-refractivity contribution in [1.29, 1.82) is 0 Å². The van der Waals surface area contributed by atoms with Crippen LogP contribution in [0.3, 0.4) is 0 Å². The number of fused-ring (bicyclic) bond motifs is 1. The zero-order valence-corrected chi connectivity index (χ0v) is 19.6. The van der Waals surface area contributed by atoms with Crippen LogP contribution < -0.4 is 4.74 Å². The summed E-state index contributed by atoms with van der Waals surface area (Å²) in [6.07, 6.45) is 4.29. The van der Waals surface area contributed by atoms with Crippen molar-refractivity contribution < 1.29 is 19.1 Å². The van der Waals surface area contributed by atoms with Gasteiger partial charge in [0.25, 0.3) is 5.91 Å². The fourth-order valence-corrected chi connectivity index (χ4v) is 5.42. The number of hydrogen-bond donors (Lipinski definition) is 0. The normalized spacial score (nSPS) is 24.8. The molecule has 6 heteroatoms. The number of rotatable bonds is 5. The standard InChI is InChI=1S/C26H26BrNO4/c1-31-19-12-6-16(7-13-19)14-15-28-23(17-8-10-18(27)11-9-17)22-24(29)20-4-2-3-5-21(20)32-25(22)26(28)30/h6-13,20-21,23H,2-5,14-15H2,1H3. The maximum absolute atomic E-state index is 13.6. The first-order valence-electron chi connectivity index (χ1n) is 11.2. The summed E-state index contributed by atoms with van der Waals surface area (Å²) < 4.78 is 12.4. The molecule has 0 saturated heterocycles. The number of nitrogens with zero attached hydrogens (tertiary/aromatic N) is 1. The number of benzene rings is 2. The summed E-state index contributed by atoms with van der Waals surface area (Å²) in [5.74, 6) is 0.885. The molecular formula is C26H26BrNO4. The fraction of sp³-hybridized carbons (Fsp3) is 0.385. The summed E-state index contributed by atoms with van der Waals surface area (Å²) in [5.41, 5.74) is 2.60. The molecule has 166 valence electrons. The quantitative estimate of drug-likeness (QED) is 0.585.